The van der Waals surface area contributed by atoms with Crippen LogP contribution in [0.3, 0.4) is 0 Å². The average molecular weight is 339 g/mol. The fourth-order valence-electron chi connectivity index (χ4n) is 2.18. The third kappa shape index (κ3) is 3.58. The molecule has 0 saturated carbocycles. The normalized spacial score (nSPS) is 12.2. The van der Waals surface area contributed by atoms with E-state index in [4.69, 9.17) is 4.74 Å². The third-order valence-corrected chi connectivity index (χ3v) is 3.55. The predicted molar refractivity (Wildman–Crippen MR) is 80.5 cm³/mol. The van der Waals surface area contributed by atoms with Gasteiger partial charge < -0.3 is 9.84 Å². The minimum Gasteiger partial charge on any atom is -0.496 e. The Bertz CT molecular complexity index is 593. The number of aliphatic hydroxyl groups is 1. The van der Waals surface area contributed by atoms with Crippen molar-refractivity contribution in [3.8, 4) is 5.75 Å². The number of benzene rings is 2. The fraction of sp³-hybridized carbons (Fsp3) is 0.250. The number of ether oxygens (including phenoxy) is 1. The van der Waals surface area contributed by atoms with Gasteiger partial charge in [0.2, 0.25) is 0 Å². The van der Waals surface area contributed by atoms with Crippen LogP contribution < -0.4 is 4.74 Å². The van der Waals surface area contributed by atoms with Crippen molar-refractivity contribution in [2.75, 3.05) is 7.11 Å². The zero-order valence-electron chi connectivity index (χ0n) is 11.4. The summed E-state index contributed by atoms with van der Waals surface area (Å²) in [6.07, 6.45) is -0.408. The maximum absolute atomic E-state index is 13.4. The molecule has 1 atom stereocenters. The van der Waals surface area contributed by atoms with E-state index < -0.39 is 6.10 Å². The molecule has 1 unspecified atom stereocenters. The summed E-state index contributed by atoms with van der Waals surface area (Å²) in [4.78, 5) is 0. The molecule has 2 nitrogen and oxygen atoms in total. The Labute approximate surface area is 126 Å². The molecule has 0 amide bonds. The number of methoxy groups -OCH3 is 1. The van der Waals surface area contributed by atoms with Crippen LogP contribution in [0.4, 0.5) is 4.39 Å². The van der Waals surface area contributed by atoms with E-state index in [1.807, 2.05) is 25.1 Å². The Morgan fingerprint density at radius 1 is 1.25 bits per heavy atom. The van der Waals surface area contributed by atoms with Crippen molar-refractivity contribution >= 4 is 15.9 Å². The summed E-state index contributed by atoms with van der Waals surface area (Å²) in [7, 11) is 1.57. The summed E-state index contributed by atoms with van der Waals surface area (Å²) in [5.74, 6) is 0.316. The summed E-state index contributed by atoms with van der Waals surface area (Å²) < 4.78 is 19.3. The molecule has 0 aliphatic carbocycles. The molecule has 0 aliphatic rings. The van der Waals surface area contributed by atoms with E-state index in [1.165, 1.54) is 12.1 Å². The van der Waals surface area contributed by atoms with Crippen molar-refractivity contribution in [2.24, 2.45) is 0 Å². The van der Waals surface area contributed by atoms with Gasteiger partial charge in [0.15, 0.2) is 0 Å². The molecule has 0 radical (unpaired) electrons. The van der Waals surface area contributed by atoms with E-state index >= 15 is 0 Å². The van der Waals surface area contributed by atoms with Crippen molar-refractivity contribution in [1.82, 2.24) is 0 Å². The standard InChI is InChI=1S/C16H16BrFO2/c1-10-3-4-16(20-2)14(5-10)15(19)8-11-6-12(17)9-13(18)7-11/h3-7,9,15,19H,8H2,1-2H3. The van der Waals surface area contributed by atoms with Gasteiger partial charge in [0.25, 0.3) is 0 Å². The quantitative estimate of drug-likeness (QED) is 0.905. The maximum Gasteiger partial charge on any atom is 0.124 e. The molecule has 4 heteroatoms. The van der Waals surface area contributed by atoms with E-state index in [9.17, 15) is 9.50 Å². The number of aryl methyl sites for hydroxylation is 1. The molecule has 2 aromatic rings. The van der Waals surface area contributed by atoms with Gasteiger partial charge in [0.05, 0.1) is 13.2 Å². The molecular weight excluding hydrogens is 323 g/mol. The van der Waals surface area contributed by atoms with Crippen LogP contribution >= 0.6 is 15.9 Å². The first-order valence-electron chi connectivity index (χ1n) is 6.27. The van der Waals surface area contributed by atoms with Crippen molar-refractivity contribution in [2.45, 2.75) is 19.4 Å². The number of aliphatic hydroxyl groups excluding tert-OH is 1. The lowest BCUT2D eigenvalue weighted by Gasteiger charge is -2.16. The minimum atomic E-state index is -0.737. The number of hydrogen-bond donors (Lipinski definition) is 1. The maximum atomic E-state index is 13.4. The van der Waals surface area contributed by atoms with Crippen molar-refractivity contribution in [3.63, 3.8) is 0 Å². The Kier molecular flexibility index (Phi) is 4.78. The van der Waals surface area contributed by atoms with E-state index in [-0.39, 0.29) is 5.82 Å². The molecule has 0 bridgehead atoms. The number of hydrogen-bond acceptors (Lipinski definition) is 2. The topological polar surface area (TPSA) is 29.5 Å². The Morgan fingerprint density at radius 2 is 2.00 bits per heavy atom. The van der Waals surface area contributed by atoms with E-state index in [2.05, 4.69) is 15.9 Å². The molecule has 106 valence electrons. The van der Waals surface area contributed by atoms with Crippen LogP contribution in [0, 0.1) is 12.7 Å². The fourth-order valence-corrected chi connectivity index (χ4v) is 2.69. The second kappa shape index (κ2) is 6.37. The summed E-state index contributed by atoms with van der Waals surface area (Å²) in [5.41, 5.74) is 2.49. The summed E-state index contributed by atoms with van der Waals surface area (Å²) in [6, 6.07) is 10.3. The number of halogens is 2. The first kappa shape index (κ1) is 15.0. The van der Waals surface area contributed by atoms with Crippen molar-refractivity contribution < 1.29 is 14.2 Å². The second-order valence-corrected chi connectivity index (χ2v) is 5.66. The van der Waals surface area contributed by atoms with Crippen LogP contribution in [-0.2, 0) is 6.42 Å². The molecule has 0 aliphatic heterocycles. The molecular formula is C16H16BrFO2. The monoisotopic (exact) mass is 338 g/mol. The molecule has 2 rings (SSSR count). The lowest BCUT2D eigenvalue weighted by molar-refractivity contribution is 0.174. The van der Waals surface area contributed by atoms with E-state index in [0.717, 1.165) is 11.1 Å². The zero-order chi connectivity index (χ0) is 14.7. The second-order valence-electron chi connectivity index (χ2n) is 4.74. The molecule has 0 aromatic heterocycles. The first-order chi connectivity index (χ1) is 9.49. The molecule has 0 fully saturated rings. The summed E-state index contributed by atoms with van der Waals surface area (Å²) in [6.45, 7) is 1.95. The first-order valence-corrected chi connectivity index (χ1v) is 7.06. The Balaban J connectivity index is 2.27. The van der Waals surface area contributed by atoms with Crippen LogP contribution in [0.25, 0.3) is 0 Å². The van der Waals surface area contributed by atoms with Crippen molar-refractivity contribution in [1.29, 1.82) is 0 Å². The van der Waals surface area contributed by atoms with Gasteiger partial charge in [-0.15, -0.1) is 0 Å². The highest BCUT2D eigenvalue weighted by molar-refractivity contribution is 9.10. The summed E-state index contributed by atoms with van der Waals surface area (Å²) >= 11 is 3.25. The molecule has 2 aromatic carbocycles. The highest BCUT2D eigenvalue weighted by atomic mass is 79.9. The van der Waals surface area contributed by atoms with Crippen LogP contribution in [-0.4, -0.2) is 12.2 Å². The van der Waals surface area contributed by atoms with Gasteiger partial charge in [0.1, 0.15) is 11.6 Å². The van der Waals surface area contributed by atoms with Crippen LogP contribution in [0.2, 0.25) is 0 Å². The van der Waals surface area contributed by atoms with E-state index in [1.54, 1.807) is 13.2 Å². The molecule has 20 heavy (non-hydrogen) atoms. The van der Waals surface area contributed by atoms with Gasteiger partial charge in [-0.25, -0.2) is 4.39 Å². The van der Waals surface area contributed by atoms with Crippen LogP contribution in [0.15, 0.2) is 40.9 Å². The largest absolute Gasteiger partial charge is 0.496 e. The van der Waals surface area contributed by atoms with Crippen molar-refractivity contribution in [3.05, 3.63) is 63.4 Å². The SMILES string of the molecule is COc1ccc(C)cc1C(O)Cc1cc(F)cc(Br)c1. The van der Waals surface area contributed by atoms with Gasteiger partial charge in [-0.05, 0) is 42.8 Å². The van der Waals surface area contributed by atoms with Gasteiger partial charge in [-0.1, -0.05) is 27.6 Å². The van der Waals surface area contributed by atoms with Crippen LogP contribution in [0.1, 0.15) is 22.8 Å². The number of rotatable bonds is 4. The van der Waals surface area contributed by atoms with E-state index in [0.29, 0.717) is 22.2 Å². The summed E-state index contributed by atoms with van der Waals surface area (Å²) in [5, 5.41) is 10.4. The molecule has 0 saturated heterocycles. The minimum absolute atomic E-state index is 0.321. The highest BCUT2D eigenvalue weighted by Gasteiger charge is 2.15. The molecule has 0 heterocycles. The lowest BCUT2D eigenvalue weighted by Crippen LogP contribution is -2.05. The third-order valence-electron chi connectivity index (χ3n) is 3.10. The van der Waals surface area contributed by atoms with Gasteiger partial charge in [-0.2, -0.15) is 0 Å². The van der Waals surface area contributed by atoms with Gasteiger partial charge in [-0.3, -0.25) is 0 Å². The highest BCUT2D eigenvalue weighted by Crippen LogP contribution is 2.29. The lowest BCUT2D eigenvalue weighted by atomic mass is 9.99. The zero-order valence-corrected chi connectivity index (χ0v) is 12.9. The average Bonchev–Trinajstić information content (AvgIpc) is 2.37. The molecule has 1 N–H and O–H groups in total. The smallest absolute Gasteiger partial charge is 0.124 e. The van der Waals surface area contributed by atoms with Gasteiger partial charge >= 0.3 is 0 Å². The predicted octanol–water partition coefficient (Wildman–Crippen LogP) is 4.18. The Morgan fingerprint density at radius 3 is 2.65 bits per heavy atom. The van der Waals surface area contributed by atoms with Crippen LogP contribution in [0.5, 0.6) is 5.75 Å². The molecule has 0 spiro atoms. The Hall–Kier alpha value is -1.39. The van der Waals surface area contributed by atoms with Gasteiger partial charge in [0, 0.05) is 16.5 Å².